The van der Waals surface area contributed by atoms with Crippen molar-refractivity contribution in [2.45, 2.75) is 42.1 Å². The highest BCUT2D eigenvalue weighted by Crippen LogP contribution is 2.40. The van der Waals surface area contributed by atoms with Gasteiger partial charge in [0.15, 0.2) is 15.7 Å². The lowest BCUT2D eigenvalue weighted by atomic mass is 10.00. The topological polar surface area (TPSA) is 167 Å². The minimum Gasteiger partial charge on any atom is -0.475 e. The Bertz CT molecular complexity index is 1340. The van der Waals surface area contributed by atoms with Crippen LogP contribution in [0.2, 0.25) is 0 Å². The van der Waals surface area contributed by atoms with E-state index in [9.17, 15) is 39.2 Å². The zero-order valence-corrected chi connectivity index (χ0v) is 21.4. The molecule has 20 heteroatoms. The standard InChI is InChI=1S/C17H19FN6O2S.2C2HF3O2/c18-12-6-20-16(21-7-12)24-8-13-14(9-24)27(25,26)10-11-5-19-17(22-15(11)13)23-3-1-2-4-23;2*3-2(4,5)1(6)7/h5-7,13-14H,1-4,8-10H2;2*(H,6,7)/t13-,14+;;/m0../s1. The minimum absolute atomic E-state index is 0.0398. The van der Waals surface area contributed by atoms with Crippen molar-refractivity contribution in [1.29, 1.82) is 0 Å². The van der Waals surface area contributed by atoms with Gasteiger partial charge in [0.25, 0.3) is 0 Å². The van der Waals surface area contributed by atoms with Crippen molar-refractivity contribution >= 4 is 33.7 Å². The molecule has 2 N–H and O–H groups in total. The number of fused-ring (bicyclic) bond motifs is 3. The van der Waals surface area contributed by atoms with Crippen molar-refractivity contribution in [3.05, 3.63) is 35.7 Å². The van der Waals surface area contributed by atoms with Crippen molar-refractivity contribution in [2.24, 2.45) is 0 Å². The summed E-state index contributed by atoms with van der Waals surface area (Å²) in [5.74, 6) is -5.30. The van der Waals surface area contributed by atoms with E-state index in [0.29, 0.717) is 30.5 Å². The van der Waals surface area contributed by atoms with Crippen molar-refractivity contribution in [1.82, 2.24) is 19.9 Å². The van der Waals surface area contributed by atoms with E-state index in [-0.39, 0.29) is 11.7 Å². The minimum atomic E-state index is -5.08. The summed E-state index contributed by atoms with van der Waals surface area (Å²) in [6, 6.07) is 0. The van der Waals surface area contributed by atoms with Crippen LogP contribution in [0.4, 0.5) is 42.6 Å². The normalized spacial score (nSPS) is 21.0. The van der Waals surface area contributed by atoms with E-state index >= 15 is 0 Å². The quantitative estimate of drug-likeness (QED) is 0.472. The molecule has 0 spiro atoms. The maximum absolute atomic E-state index is 13.1. The molecule has 2 aromatic rings. The number of anilines is 2. The molecule has 2 saturated heterocycles. The monoisotopic (exact) mass is 618 g/mol. The molecule has 0 saturated carbocycles. The Morgan fingerprint density at radius 3 is 1.80 bits per heavy atom. The number of halogens is 7. The number of nitrogens with zero attached hydrogens (tertiary/aromatic N) is 6. The summed E-state index contributed by atoms with van der Waals surface area (Å²) in [4.78, 5) is 38.9. The molecule has 5 rings (SSSR count). The van der Waals surface area contributed by atoms with Gasteiger partial charge in [-0.15, -0.1) is 0 Å². The molecule has 0 aromatic carbocycles. The van der Waals surface area contributed by atoms with Gasteiger partial charge in [0.2, 0.25) is 11.9 Å². The SMILES string of the molecule is O=C(O)C(F)(F)F.O=C(O)C(F)(F)F.O=S1(=O)Cc2cnc(N3CCCC3)nc2[C@H]2CN(c3ncc(F)cn3)C[C@H]21. The zero-order chi connectivity index (χ0) is 30.8. The van der Waals surface area contributed by atoms with E-state index in [1.165, 1.54) is 0 Å². The number of aliphatic carboxylic acids is 2. The predicted octanol–water partition coefficient (Wildman–Crippen LogP) is 2.17. The van der Waals surface area contributed by atoms with Crippen molar-refractivity contribution in [2.75, 3.05) is 36.0 Å². The van der Waals surface area contributed by atoms with Crippen LogP contribution >= 0.6 is 0 Å². The molecule has 0 amide bonds. The molecule has 12 nitrogen and oxygen atoms in total. The lowest BCUT2D eigenvalue weighted by molar-refractivity contribution is -0.193. The smallest absolute Gasteiger partial charge is 0.475 e. The first-order valence-corrected chi connectivity index (χ1v) is 13.3. The zero-order valence-electron chi connectivity index (χ0n) is 20.6. The number of hydrogen-bond acceptors (Lipinski definition) is 10. The first kappa shape index (κ1) is 31.7. The van der Waals surface area contributed by atoms with Crippen LogP contribution in [-0.4, -0.2) is 94.3 Å². The molecular weight excluding hydrogens is 597 g/mol. The van der Waals surface area contributed by atoms with Gasteiger partial charge in [0.05, 0.1) is 29.1 Å². The van der Waals surface area contributed by atoms with Crippen molar-refractivity contribution in [3.8, 4) is 0 Å². The maximum atomic E-state index is 13.1. The third kappa shape index (κ3) is 7.88. The van der Waals surface area contributed by atoms with Gasteiger partial charge in [-0.1, -0.05) is 0 Å². The van der Waals surface area contributed by atoms with Gasteiger partial charge < -0.3 is 20.0 Å². The molecule has 3 aliphatic heterocycles. The largest absolute Gasteiger partial charge is 0.490 e. The first-order chi connectivity index (χ1) is 18.9. The Balaban J connectivity index is 0.000000276. The number of rotatable bonds is 2. The maximum Gasteiger partial charge on any atom is 0.490 e. The van der Waals surface area contributed by atoms with Crippen LogP contribution in [0.15, 0.2) is 18.6 Å². The molecule has 5 heterocycles. The van der Waals surface area contributed by atoms with Gasteiger partial charge >= 0.3 is 24.3 Å². The predicted molar refractivity (Wildman–Crippen MR) is 124 cm³/mol. The lowest BCUT2D eigenvalue weighted by Crippen LogP contribution is -2.35. The van der Waals surface area contributed by atoms with Gasteiger partial charge in [0.1, 0.15) is 0 Å². The Morgan fingerprint density at radius 1 is 0.829 bits per heavy atom. The van der Waals surface area contributed by atoms with Crippen LogP contribution < -0.4 is 9.80 Å². The summed E-state index contributed by atoms with van der Waals surface area (Å²) >= 11 is 0. The molecule has 3 aliphatic rings. The average molecular weight is 618 g/mol. The molecular formula is C21H21F7N6O6S. The van der Waals surface area contributed by atoms with Gasteiger partial charge in [0, 0.05) is 43.9 Å². The van der Waals surface area contributed by atoms with E-state index in [1.54, 1.807) is 11.1 Å². The molecule has 2 atom stereocenters. The highest BCUT2D eigenvalue weighted by atomic mass is 32.2. The van der Waals surface area contributed by atoms with E-state index in [2.05, 4.69) is 19.9 Å². The molecule has 2 fully saturated rings. The number of hydrogen-bond donors (Lipinski definition) is 2. The summed E-state index contributed by atoms with van der Waals surface area (Å²) in [6.45, 7) is 2.60. The molecule has 0 unspecified atom stereocenters. The van der Waals surface area contributed by atoms with Crippen LogP contribution in [-0.2, 0) is 25.2 Å². The third-order valence-electron chi connectivity index (χ3n) is 6.08. The van der Waals surface area contributed by atoms with Crippen LogP contribution in [0, 0.1) is 5.82 Å². The average Bonchev–Trinajstić information content (AvgIpc) is 3.55. The Kier molecular flexibility index (Phi) is 9.24. The van der Waals surface area contributed by atoms with E-state index in [0.717, 1.165) is 44.0 Å². The Labute approximate surface area is 226 Å². The fourth-order valence-corrected chi connectivity index (χ4v) is 6.26. The van der Waals surface area contributed by atoms with E-state index < -0.39 is 45.2 Å². The Morgan fingerprint density at radius 2 is 1.32 bits per heavy atom. The summed E-state index contributed by atoms with van der Waals surface area (Å²) in [5.41, 5.74) is 1.50. The Hall–Kier alpha value is -3.84. The number of aromatic nitrogens is 4. The van der Waals surface area contributed by atoms with Crippen molar-refractivity contribution < 1.29 is 59.0 Å². The number of sulfone groups is 1. The highest BCUT2D eigenvalue weighted by Gasteiger charge is 2.48. The summed E-state index contributed by atoms with van der Waals surface area (Å²) in [6.07, 6.45) is -4.06. The fourth-order valence-electron chi connectivity index (χ4n) is 4.27. The summed E-state index contributed by atoms with van der Waals surface area (Å²) < 4.78 is 102. The van der Waals surface area contributed by atoms with Crippen molar-refractivity contribution in [3.63, 3.8) is 0 Å². The number of carboxylic acid groups (broad SMARTS) is 2. The van der Waals surface area contributed by atoms with Crippen LogP contribution in [0.25, 0.3) is 0 Å². The van der Waals surface area contributed by atoms with Gasteiger partial charge in [-0.05, 0) is 12.8 Å². The summed E-state index contributed by atoms with van der Waals surface area (Å²) in [7, 11) is -3.32. The van der Waals surface area contributed by atoms with Crippen LogP contribution in [0.5, 0.6) is 0 Å². The van der Waals surface area contributed by atoms with E-state index in [1.807, 2.05) is 0 Å². The molecule has 41 heavy (non-hydrogen) atoms. The first-order valence-electron chi connectivity index (χ1n) is 11.5. The molecule has 226 valence electrons. The highest BCUT2D eigenvalue weighted by molar-refractivity contribution is 7.91. The number of alkyl halides is 6. The lowest BCUT2D eigenvalue weighted by Gasteiger charge is -2.27. The molecule has 0 bridgehead atoms. The molecule has 0 radical (unpaired) electrons. The van der Waals surface area contributed by atoms with Gasteiger partial charge in [-0.2, -0.15) is 26.3 Å². The van der Waals surface area contributed by atoms with Gasteiger partial charge in [-0.3, -0.25) is 0 Å². The molecule has 0 aliphatic carbocycles. The van der Waals surface area contributed by atoms with E-state index in [4.69, 9.17) is 24.8 Å². The number of carbonyl (C=O) groups is 2. The van der Waals surface area contributed by atoms with Crippen LogP contribution in [0.1, 0.15) is 30.0 Å². The fraction of sp³-hybridized carbons (Fsp3) is 0.524. The summed E-state index contributed by atoms with van der Waals surface area (Å²) in [5, 5.41) is 13.7. The third-order valence-corrected chi connectivity index (χ3v) is 8.20. The van der Waals surface area contributed by atoms with Gasteiger partial charge in [-0.25, -0.2) is 42.3 Å². The second-order valence-corrected chi connectivity index (χ2v) is 11.2. The number of carboxylic acids is 2. The second-order valence-electron chi connectivity index (χ2n) is 8.94. The second kappa shape index (κ2) is 12.0. The van der Waals surface area contributed by atoms with Crippen LogP contribution in [0.3, 0.4) is 0 Å². The molecule has 2 aromatic heterocycles.